The topological polar surface area (TPSA) is 80.7 Å². The lowest BCUT2D eigenvalue weighted by Gasteiger charge is -2.35. The smallest absolute Gasteiger partial charge is 0.253 e. The lowest BCUT2D eigenvalue weighted by atomic mass is 10.1. The number of piperazine rings is 1. The molecule has 3 rings (SSSR count). The molecule has 0 radical (unpaired) electrons. The highest BCUT2D eigenvalue weighted by Gasteiger charge is 2.24. The van der Waals surface area contributed by atoms with Gasteiger partial charge in [0.25, 0.3) is 5.91 Å². The third-order valence-electron chi connectivity index (χ3n) is 4.20. The number of furan rings is 1. The standard InChI is InChI=1S/C18H19N3O3/c19-12-14-3-1-4-15(11-14)18(23)21-8-6-20(7-9-21)13-16(22)17-5-2-10-24-17/h1-5,10-11,16,22H,6-9,13H2/t16-/m1/s1. The normalized spacial score (nSPS) is 16.6. The second kappa shape index (κ2) is 7.30. The predicted octanol–water partition coefficient (Wildman–Crippen LogP) is 1.64. The van der Waals surface area contributed by atoms with E-state index in [9.17, 15) is 9.90 Å². The summed E-state index contributed by atoms with van der Waals surface area (Å²) in [4.78, 5) is 16.4. The Morgan fingerprint density at radius 3 is 2.71 bits per heavy atom. The average Bonchev–Trinajstić information content (AvgIpc) is 3.16. The first-order valence-electron chi connectivity index (χ1n) is 7.90. The number of benzene rings is 1. The molecule has 2 aromatic rings. The molecule has 0 unspecified atom stereocenters. The van der Waals surface area contributed by atoms with Gasteiger partial charge in [0.15, 0.2) is 0 Å². The Bertz CT molecular complexity index is 728. The van der Waals surface area contributed by atoms with E-state index in [1.807, 2.05) is 0 Å². The van der Waals surface area contributed by atoms with Crippen LogP contribution in [0.1, 0.15) is 27.8 Å². The van der Waals surface area contributed by atoms with Crippen molar-refractivity contribution in [1.82, 2.24) is 9.80 Å². The third kappa shape index (κ3) is 3.65. The molecule has 24 heavy (non-hydrogen) atoms. The zero-order valence-corrected chi connectivity index (χ0v) is 13.3. The number of aliphatic hydroxyl groups is 1. The van der Waals surface area contributed by atoms with Gasteiger partial charge in [-0.2, -0.15) is 5.26 Å². The van der Waals surface area contributed by atoms with E-state index >= 15 is 0 Å². The molecule has 0 saturated carbocycles. The van der Waals surface area contributed by atoms with E-state index in [1.54, 1.807) is 47.6 Å². The van der Waals surface area contributed by atoms with E-state index in [0.29, 0.717) is 49.6 Å². The Morgan fingerprint density at radius 1 is 1.25 bits per heavy atom. The molecular weight excluding hydrogens is 306 g/mol. The largest absolute Gasteiger partial charge is 0.467 e. The lowest BCUT2D eigenvalue weighted by Crippen LogP contribution is -2.49. The van der Waals surface area contributed by atoms with Gasteiger partial charge < -0.3 is 14.4 Å². The zero-order valence-electron chi connectivity index (χ0n) is 13.3. The first-order valence-corrected chi connectivity index (χ1v) is 7.90. The number of rotatable bonds is 4. The maximum atomic E-state index is 12.5. The molecule has 1 aromatic heterocycles. The minimum absolute atomic E-state index is 0.0571. The fraction of sp³-hybridized carbons (Fsp3) is 0.333. The molecule has 1 aliphatic heterocycles. The number of nitriles is 1. The quantitative estimate of drug-likeness (QED) is 0.924. The van der Waals surface area contributed by atoms with Crippen LogP contribution in [-0.2, 0) is 0 Å². The van der Waals surface area contributed by atoms with Crippen LogP contribution in [0.4, 0.5) is 0 Å². The Labute approximate surface area is 140 Å². The molecule has 124 valence electrons. The number of hydrogen-bond acceptors (Lipinski definition) is 5. The van der Waals surface area contributed by atoms with E-state index in [4.69, 9.17) is 9.68 Å². The molecule has 1 atom stereocenters. The molecule has 6 nitrogen and oxygen atoms in total. The number of hydrogen-bond donors (Lipinski definition) is 1. The van der Waals surface area contributed by atoms with Crippen molar-refractivity contribution in [3.8, 4) is 6.07 Å². The molecule has 6 heteroatoms. The zero-order chi connectivity index (χ0) is 16.9. The molecule has 0 bridgehead atoms. The summed E-state index contributed by atoms with van der Waals surface area (Å²) in [5.41, 5.74) is 1.03. The summed E-state index contributed by atoms with van der Waals surface area (Å²) in [6.45, 7) is 3.07. The van der Waals surface area contributed by atoms with Gasteiger partial charge in [-0.3, -0.25) is 9.69 Å². The Balaban J connectivity index is 1.55. The number of β-amino-alcohol motifs (C(OH)–C–C–N with tert-alkyl or cyclic N) is 1. The van der Waals surface area contributed by atoms with Crippen LogP contribution in [-0.4, -0.2) is 53.5 Å². The molecule has 1 aromatic carbocycles. The molecule has 0 aliphatic carbocycles. The fourth-order valence-corrected chi connectivity index (χ4v) is 2.85. The molecule has 1 aliphatic rings. The Morgan fingerprint density at radius 2 is 2.04 bits per heavy atom. The Hall–Kier alpha value is -2.62. The first-order chi connectivity index (χ1) is 11.7. The van der Waals surface area contributed by atoms with Crippen LogP contribution in [0.25, 0.3) is 0 Å². The van der Waals surface area contributed by atoms with Crippen molar-refractivity contribution in [1.29, 1.82) is 5.26 Å². The highest BCUT2D eigenvalue weighted by Crippen LogP contribution is 2.16. The summed E-state index contributed by atoms with van der Waals surface area (Å²) in [5.74, 6) is 0.500. The summed E-state index contributed by atoms with van der Waals surface area (Å²) >= 11 is 0. The van der Waals surface area contributed by atoms with Crippen LogP contribution in [0.15, 0.2) is 47.1 Å². The third-order valence-corrected chi connectivity index (χ3v) is 4.20. The summed E-state index contributed by atoms with van der Waals surface area (Å²) in [5, 5.41) is 19.1. The Kier molecular flexibility index (Phi) is 4.94. The molecular formula is C18H19N3O3. The number of carbonyl (C=O) groups is 1. The van der Waals surface area contributed by atoms with Gasteiger partial charge in [-0.1, -0.05) is 6.07 Å². The maximum Gasteiger partial charge on any atom is 0.253 e. The molecule has 1 saturated heterocycles. The van der Waals surface area contributed by atoms with Crippen molar-refractivity contribution in [2.24, 2.45) is 0 Å². The van der Waals surface area contributed by atoms with Crippen LogP contribution < -0.4 is 0 Å². The SMILES string of the molecule is N#Cc1cccc(C(=O)N2CCN(C[C@@H](O)c3ccco3)CC2)c1. The monoisotopic (exact) mass is 325 g/mol. The van der Waals surface area contributed by atoms with Crippen LogP contribution in [0, 0.1) is 11.3 Å². The van der Waals surface area contributed by atoms with Crippen molar-refractivity contribution in [2.75, 3.05) is 32.7 Å². The molecule has 1 fully saturated rings. The van der Waals surface area contributed by atoms with Crippen LogP contribution in [0.5, 0.6) is 0 Å². The summed E-state index contributed by atoms with van der Waals surface area (Å²) in [6.07, 6.45) is 0.888. The van der Waals surface area contributed by atoms with Gasteiger partial charge >= 0.3 is 0 Å². The number of nitrogens with zero attached hydrogens (tertiary/aromatic N) is 3. The predicted molar refractivity (Wildman–Crippen MR) is 87.2 cm³/mol. The van der Waals surface area contributed by atoms with E-state index in [2.05, 4.69) is 11.0 Å². The van der Waals surface area contributed by atoms with E-state index in [0.717, 1.165) is 0 Å². The minimum Gasteiger partial charge on any atom is -0.467 e. The van der Waals surface area contributed by atoms with Gasteiger partial charge in [0.05, 0.1) is 17.9 Å². The van der Waals surface area contributed by atoms with Gasteiger partial charge in [0.1, 0.15) is 11.9 Å². The van der Waals surface area contributed by atoms with Gasteiger partial charge in [-0.25, -0.2) is 0 Å². The second-order valence-corrected chi connectivity index (χ2v) is 5.82. The minimum atomic E-state index is -0.658. The molecule has 1 amide bonds. The number of aliphatic hydroxyl groups excluding tert-OH is 1. The van der Waals surface area contributed by atoms with Gasteiger partial charge in [-0.05, 0) is 30.3 Å². The number of carbonyl (C=O) groups excluding carboxylic acids is 1. The summed E-state index contributed by atoms with van der Waals surface area (Å²) in [7, 11) is 0. The summed E-state index contributed by atoms with van der Waals surface area (Å²) in [6, 6.07) is 12.3. The van der Waals surface area contributed by atoms with E-state index in [1.165, 1.54) is 0 Å². The van der Waals surface area contributed by atoms with Crippen molar-refractivity contribution in [3.05, 3.63) is 59.5 Å². The molecule has 1 N–H and O–H groups in total. The van der Waals surface area contributed by atoms with Crippen molar-refractivity contribution in [3.63, 3.8) is 0 Å². The van der Waals surface area contributed by atoms with Crippen LogP contribution in [0.2, 0.25) is 0 Å². The fourth-order valence-electron chi connectivity index (χ4n) is 2.85. The second-order valence-electron chi connectivity index (χ2n) is 5.82. The molecule has 2 heterocycles. The van der Waals surface area contributed by atoms with Crippen LogP contribution >= 0.6 is 0 Å². The van der Waals surface area contributed by atoms with E-state index < -0.39 is 6.10 Å². The van der Waals surface area contributed by atoms with Gasteiger partial charge in [-0.15, -0.1) is 0 Å². The van der Waals surface area contributed by atoms with Crippen molar-refractivity contribution in [2.45, 2.75) is 6.10 Å². The summed E-state index contributed by atoms with van der Waals surface area (Å²) < 4.78 is 5.21. The first kappa shape index (κ1) is 16.2. The highest BCUT2D eigenvalue weighted by molar-refractivity contribution is 5.94. The lowest BCUT2D eigenvalue weighted by molar-refractivity contribution is 0.0486. The average molecular weight is 325 g/mol. The van der Waals surface area contributed by atoms with Gasteiger partial charge in [0, 0.05) is 38.3 Å². The highest BCUT2D eigenvalue weighted by atomic mass is 16.4. The van der Waals surface area contributed by atoms with E-state index in [-0.39, 0.29) is 5.91 Å². The van der Waals surface area contributed by atoms with Crippen molar-refractivity contribution < 1.29 is 14.3 Å². The number of amides is 1. The maximum absolute atomic E-state index is 12.5. The molecule has 0 spiro atoms. The van der Waals surface area contributed by atoms with Gasteiger partial charge in [0.2, 0.25) is 0 Å². The van der Waals surface area contributed by atoms with Crippen molar-refractivity contribution >= 4 is 5.91 Å². The van der Waals surface area contributed by atoms with Crippen LogP contribution in [0.3, 0.4) is 0 Å².